The maximum atomic E-state index is 10.7. The monoisotopic (exact) mass is 398 g/mol. The smallest absolute Gasteiger partial charge is 0.246 e. The third-order valence-corrected chi connectivity index (χ3v) is 5.89. The molecule has 29 heavy (non-hydrogen) atoms. The zero-order chi connectivity index (χ0) is 20.3. The van der Waals surface area contributed by atoms with Crippen molar-refractivity contribution in [1.29, 1.82) is 0 Å². The highest BCUT2D eigenvalue weighted by Crippen LogP contribution is 2.42. The van der Waals surface area contributed by atoms with Gasteiger partial charge in [0.1, 0.15) is 0 Å². The molecule has 0 saturated carbocycles. The molecule has 5 rings (SSSR count). The maximum Gasteiger partial charge on any atom is 0.246 e. The number of aromatic nitrogens is 5. The number of aromatic hydroxyl groups is 4. The summed E-state index contributed by atoms with van der Waals surface area (Å²) in [5, 5.41) is 42.6. The van der Waals surface area contributed by atoms with Crippen LogP contribution in [0.3, 0.4) is 0 Å². The molecule has 0 saturated heterocycles. The van der Waals surface area contributed by atoms with E-state index >= 15 is 0 Å². The molecule has 0 amide bonds. The van der Waals surface area contributed by atoms with Crippen molar-refractivity contribution in [2.24, 2.45) is 0 Å². The van der Waals surface area contributed by atoms with Crippen molar-refractivity contribution >= 4 is 5.95 Å². The van der Waals surface area contributed by atoms with Crippen molar-refractivity contribution < 1.29 is 20.4 Å². The fourth-order valence-corrected chi connectivity index (χ4v) is 4.49. The first-order valence-electron chi connectivity index (χ1n) is 9.78. The minimum Gasteiger partial charge on any atom is -0.494 e. The Labute approximate surface area is 165 Å². The Balaban J connectivity index is 1.69. The lowest BCUT2D eigenvalue weighted by molar-refractivity contribution is 0.391. The largest absolute Gasteiger partial charge is 0.494 e. The van der Waals surface area contributed by atoms with Crippen LogP contribution < -0.4 is 5.73 Å². The quantitative estimate of drug-likeness (QED) is 0.436. The van der Waals surface area contributed by atoms with Crippen molar-refractivity contribution in [3.05, 3.63) is 22.3 Å². The molecule has 10 nitrogen and oxygen atoms in total. The average molecular weight is 398 g/mol. The molecule has 2 aliphatic rings. The van der Waals surface area contributed by atoms with Gasteiger partial charge in [0.15, 0.2) is 0 Å². The first-order valence-corrected chi connectivity index (χ1v) is 9.78. The molecule has 0 unspecified atom stereocenters. The summed E-state index contributed by atoms with van der Waals surface area (Å²) in [6.45, 7) is 0. The SMILES string of the molecule is Nc1nc(-n2c(O)c3c(c2O)CCCC3)nc(-n2c(O)c3c(c2O)CCCC3)n1. The molecule has 0 spiro atoms. The van der Waals surface area contributed by atoms with Crippen LogP contribution in [0.15, 0.2) is 0 Å². The number of nitrogens with two attached hydrogens (primary N) is 1. The second-order valence-corrected chi connectivity index (χ2v) is 7.59. The molecule has 152 valence electrons. The molecule has 0 aromatic carbocycles. The van der Waals surface area contributed by atoms with Crippen LogP contribution in [-0.4, -0.2) is 44.5 Å². The fraction of sp³-hybridized carbons (Fsp3) is 0.421. The normalized spacial score (nSPS) is 15.9. The summed E-state index contributed by atoms with van der Waals surface area (Å²) in [5.41, 5.74) is 8.57. The lowest BCUT2D eigenvalue weighted by Crippen LogP contribution is -2.11. The van der Waals surface area contributed by atoms with Gasteiger partial charge in [-0.3, -0.25) is 0 Å². The number of hydrogen-bond donors (Lipinski definition) is 5. The molecule has 10 heteroatoms. The number of nitrogen functional groups attached to an aromatic ring is 1. The summed E-state index contributed by atoms with van der Waals surface area (Å²) in [4.78, 5) is 12.4. The van der Waals surface area contributed by atoms with Gasteiger partial charge in [0.05, 0.1) is 0 Å². The van der Waals surface area contributed by atoms with Crippen LogP contribution in [0.4, 0.5) is 5.95 Å². The summed E-state index contributed by atoms with van der Waals surface area (Å²) in [7, 11) is 0. The maximum absolute atomic E-state index is 10.7. The first-order chi connectivity index (χ1) is 14.0. The van der Waals surface area contributed by atoms with E-state index in [1.165, 1.54) is 0 Å². The Hall–Kier alpha value is -3.43. The van der Waals surface area contributed by atoms with Crippen LogP contribution in [0.25, 0.3) is 11.9 Å². The van der Waals surface area contributed by atoms with Crippen LogP contribution in [-0.2, 0) is 25.7 Å². The molecular weight excluding hydrogens is 376 g/mol. The number of rotatable bonds is 2. The van der Waals surface area contributed by atoms with E-state index in [2.05, 4.69) is 15.0 Å². The second kappa shape index (κ2) is 6.29. The highest BCUT2D eigenvalue weighted by Gasteiger charge is 2.29. The van der Waals surface area contributed by atoms with E-state index in [-0.39, 0.29) is 41.4 Å². The molecule has 0 bridgehead atoms. The Morgan fingerprint density at radius 1 is 0.552 bits per heavy atom. The fourth-order valence-electron chi connectivity index (χ4n) is 4.49. The molecule has 0 atom stereocenters. The second-order valence-electron chi connectivity index (χ2n) is 7.59. The molecular formula is C19H22N6O4. The summed E-state index contributed by atoms with van der Waals surface area (Å²) in [6.07, 6.45) is 6.30. The van der Waals surface area contributed by atoms with E-state index in [0.717, 1.165) is 34.8 Å². The minimum atomic E-state index is -0.166. The Kier molecular flexibility index (Phi) is 3.83. The van der Waals surface area contributed by atoms with Gasteiger partial charge < -0.3 is 26.2 Å². The van der Waals surface area contributed by atoms with E-state index in [0.29, 0.717) is 47.9 Å². The van der Waals surface area contributed by atoms with Crippen molar-refractivity contribution in [2.45, 2.75) is 51.4 Å². The number of nitrogens with zero attached hydrogens (tertiary/aromatic N) is 5. The van der Waals surface area contributed by atoms with Gasteiger partial charge in [0.2, 0.25) is 41.4 Å². The van der Waals surface area contributed by atoms with Gasteiger partial charge >= 0.3 is 0 Å². The summed E-state index contributed by atoms with van der Waals surface area (Å²) in [6, 6.07) is 0. The van der Waals surface area contributed by atoms with Gasteiger partial charge in [-0.2, -0.15) is 15.0 Å². The van der Waals surface area contributed by atoms with Gasteiger partial charge in [-0.15, -0.1) is 0 Å². The number of anilines is 1. The third-order valence-electron chi connectivity index (χ3n) is 5.89. The van der Waals surface area contributed by atoms with E-state index in [1.54, 1.807) is 0 Å². The van der Waals surface area contributed by atoms with Crippen molar-refractivity contribution in [3.63, 3.8) is 0 Å². The highest BCUT2D eigenvalue weighted by atomic mass is 16.3. The van der Waals surface area contributed by atoms with Gasteiger partial charge in [-0.05, 0) is 51.4 Å². The van der Waals surface area contributed by atoms with Crippen LogP contribution >= 0.6 is 0 Å². The Morgan fingerprint density at radius 3 is 1.17 bits per heavy atom. The summed E-state index contributed by atoms with van der Waals surface area (Å²) in [5.74, 6) is -0.850. The topological polar surface area (TPSA) is 155 Å². The first kappa shape index (κ1) is 17.7. The summed E-state index contributed by atoms with van der Waals surface area (Å²) >= 11 is 0. The lowest BCUT2D eigenvalue weighted by atomic mass is 9.95. The zero-order valence-electron chi connectivity index (χ0n) is 15.8. The average Bonchev–Trinajstić information content (AvgIpc) is 3.13. The predicted octanol–water partition coefficient (Wildman–Crippen LogP) is 1.62. The van der Waals surface area contributed by atoms with Crippen molar-refractivity contribution in [1.82, 2.24) is 24.1 Å². The van der Waals surface area contributed by atoms with Gasteiger partial charge in [0.25, 0.3) is 0 Å². The van der Waals surface area contributed by atoms with E-state index < -0.39 is 0 Å². The Morgan fingerprint density at radius 2 is 0.862 bits per heavy atom. The lowest BCUT2D eigenvalue weighted by Gasteiger charge is -2.10. The zero-order valence-corrected chi connectivity index (χ0v) is 15.8. The molecule has 3 heterocycles. The van der Waals surface area contributed by atoms with Gasteiger partial charge in [-0.1, -0.05) is 0 Å². The molecule has 0 radical (unpaired) electrons. The number of hydrogen-bond acceptors (Lipinski definition) is 8. The van der Waals surface area contributed by atoms with Crippen molar-refractivity contribution in [3.8, 4) is 35.4 Å². The molecule has 0 fully saturated rings. The van der Waals surface area contributed by atoms with Crippen molar-refractivity contribution in [2.75, 3.05) is 5.73 Å². The van der Waals surface area contributed by atoms with Crippen LogP contribution in [0.1, 0.15) is 47.9 Å². The standard InChI is InChI=1S/C19H22N6O4/c20-17-21-18(24-13(26)9-5-1-2-6-10(9)14(24)27)23-19(22-17)25-15(28)11-7-3-4-8-12(11)16(25)29/h26-29H,1-8H2,(H2,20,21,22,23). The minimum absolute atomic E-state index is 0.0811. The van der Waals surface area contributed by atoms with Gasteiger partial charge in [-0.25, -0.2) is 9.13 Å². The summed E-state index contributed by atoms with van der Waals surface area (Å²) < 4.78 is 2.27. The van der Waals surface area contributed by atoms with E-state index in [4.69, 9.17) is 5.73 Å². The Bertz CT molecular complexity index is 989. The molecule has 6 N–H and O–H groups in total. The van der Waals surface area contributed by atoms with Crippen LogP contribution in [0.5, 0.6) is 23.5 Å². The van der Waals surface area contributed by atoms with Crippen LogP contribution in [0, 0.1) is 0 Å². The molecule has 2 aliphatic carbocycles. The van der Waals surface area contributed by atoms with E-state index in [1.807, 2.05) is 0 Å². The highest BCUT2D eigenvalue weighted by molar-refractivity contribution is 5.53. The molecule has 0 aliphatic heterocycles. The molecule has 3 aromatic rings. The van der Waals surface area contributed by atoms with Crippen LogP contribution in [0.2, 0.25) is 0 Å². The predicted molar refractivity (Wildman–Crippen MR) is 103 cm³/mol. The van der Waals surface area contributed by atoms with E-state index in [9.17, 15) is 20.4 Å². The third kappa shape index (κ3) is 2.51. The number of fused-ring (bicyclic) bond motifs is 2. The molecule has 3 aromatic heterocycles. The van der Waals surface area contributed by atoms with Gasteiger partial charge in [0, 0.05) is 22.3 Å².